The lowest BCUT2D eigenvalue weighted by Crippen LogP contribution is -2.49. The molecule has 1 fully saturated rings. The Labute approximate surface area is 189 Å². The number of imidazole rings is 1. The molecule has 0 radical (unpaired) electrons. The highest BCUT2D eigenvalue weighted by atomic mass is 32.2. The first-order chi connectivity index (χ1) is 15.5. The smallest absolute Gasteiger partial charge is 0.218 e. The second kappa shape index (κ2) is 8.21. The molecule has 1 saturated heterocycles. The van der Waals surface area contributed by atoms with E-state index in [1.807, 2.05) is 59.5 Å². The number of nitrogens with zero attached hydrogens (tertiary/aromatic N) is 5. The molecule has 0 bridgehead atoms. The zero-order chi connectivity index (χ0) is 22.1. The van der Waals surface area contributed by atoms with E-state index >= 15 is 0 Å². The van der Waals surface area contributed by atoms with Crippen LogP contribution in [0.4, 0.5) is 11.6 Å². The standard InChI is InChI=1S/C22H23N7O2S.2H2/c23-21-20(22-25-17-8-4-5-9-18(17)26-22)27-19(14-24-21)28-10-12-29(13-11-28)32(30,31)15-16-6-2-1-3-7-16;;/h1-9,14H,10-13,15H2,(H2,23,24)(H,25,26);2*1H. The summed E-state index contributed by atoms with van der Waals surface area (Å²) in [4.78, 5) is 18.8. The number of piperazine rings is 1. The van der Waals surface area contributed by atoms with Crippen molar-refractivity contribution >= 4 is 32.7 Å². The number of benzene rings is 2. The summed E-state index contributed by atoms with van der Waals surface area (Å²) in [5.41, 5.74) is 9.08. The summed E-state index contributed by atoms with van der Waals surface area (Å²) in [6.45, 7) is 1.82. The maximum Gasteiger partial charge on any atom is 0.218 e. The molecule has 0 aliphatic carbocycles. The van der Waals surface area contributed by atoms with Crippen LogP contribution in [-0.4, -0.2) is 58.8 Å². The van der Waals surface area contributed by atoms with Gasteiger partial charge in [0.05, 0.1) is 23.0 Å². The van der Waals surface area contributed by atoms with E-state index in [0.717, 1.165) is 16.6 Å². The second-order valence-electron chi connectivity index (χ2n) is 7.69. The molecule has 0 spiro atoms. The van der Waals surface area contributed by atoms with E-state index < -0.39 is 10.0 Å². The molecule has 3 heterocycles. The predicted molar refractivity (Wildman–Crippen MR) is 129 cm³/mol. The average molecular weight is 454 g/mol. The number of hydrogen-bond acceptors (Lipinski definition) is 7. The number of hydrogen-bond donors (Lipinski definition) is 2. The third kappa shape index (κ3) is 4.02. The van der Waals surface area contributed by atoms with Crippen LogP contribution >= 0.6 is 0 Å². The van der Waals surface area contributed by atoms with Crippen LogP contribution in [0.5, 0.6) is 0 Å². The molecule has 1 aliphatic heterocycles. The minimum atomic E-state index is -3.38. The van der Waals surface area contributed by atoms with Crippen LogP contribution in [0, 0.1) is 0 Å². The van der Waals surface area contributed by atoms with Gasteiger partial charge in [0.15, 0.2) is 17.3 Å². The quantitative estimate of drug-likeness (QED) is 0.476. The van der Waals surface area contributed by atoms with Crippen LogP contribution in [0.25, 0.3) is 22.6 Å². The number of para-hydroxylation sites is 2. The van der Waals surface area contributed by atoms with Crippen molar-refractivity contribution in [3.63, 3.8) is 0 Å². The average Bonchev–Trinajstić information content (AvgIpc) is 3.24. The summed E-state index contributed by atoms with van der Waals surface area (Å²) in [6.07, 6.45) is 1.62. The number of fused-ring (bicyclic) bond motifs is 1. The highest BCUT2D eigenvalue weighted by molar-refractivity contribution is 7.88. The van der Waals surface area contributed by atoms with Gasteiger partial charge >= 0.3 is 0 Å². The molecule has 10 heteroatoms. The predicted octanol–water partition coefficient (Wildman–Crippen LogP) is 2.75. The number of nitrogen functional groups attached to an aromatic ring is 1. The molecule has 5 rings (SSSR count). The molecule has 2 aromatic heterocycles. The lowest BCUT2D eigenvalue weighted by molar-refractivity contribution is 0.383. The van der Waals surface area contributed by atoms with Crippen molar-refractivity contribution in [3.05, 3.63) is 66.4 Å². The zero-order valence-electron chi connectivity index (χ0n) is 17.3. The fraction of sp³-hybridized carbons (Fsp3) is 0.227. The van der Waals surface area contributed by atoms with Crippen molar-refractivity contribution in [2.45, 2.75) is 5.75 Å². The van der Waals surface area contributed by atoms with Crippen LogP contribution < -0.4 is 10.6 Å². The third-order valence-corrected chi connectivity index (χ3v) is 7.40. The van der Waals surface area contributed by atoms with E-state index in [4.69, 9.17) is 10.7 Å². The van der Waals surface area contributed by atoms with Gasteiger partial charge in [-0.2, -0.15) is 4.31 Å². The van der Waals surface area contributed by atoms with Crippen LogP contribution in [0.2, 0.25) is 0 Å². The Kier molecular flexibility index (Phi) is 5.24. The van der Waals surface area contributed by atoms with E-state index in [2.05, 4.69) is 15.0 Å². The van der Waals surface area contributed by atoms with Crippen molar-refractivity contribution in [1.29, 1.82) is 0 Å². The SMILES string of the molecule is Nc1ncc(N2CCN(S(=O)(=O)Cc3ccccc3)CC2)nc1-c1nc2ccccc2[nH]1.[HH].[HH]. The number of nitrogens with one attached hydrogen (secondary N) is 1. The molecule has 2 aromatic carbocycles. The monoisotopic (exact) mass is 453 g/mol. The fourth-order valence-corrected chi connectivity index (χ4v) is 5.37. The first-order valence-corrected chi connectivity index (χ1v) is 11.9. The zero-order valence-corrected chi connectivity index (χ0v) is 18.2. The van der Waals surface area contributed by atoms with Gasteiger partial charge in [0.2, 0.25) is 10.0 Å². The van der Waals surface area contributed by atoms with Crippen molar-refractivity contribution in [2.24, 2.45) is 0 Å². The Balaban J connectivity index is 0.00000162. The van der Waals surface area contributed by atoms with E-state index in [1.54, 1.807) is 10.5 Å². The summed E-state index contributed by atoms with van der Waals surface area (Å²) in [5, 5.41) is 0. The Bertz CT molecular complexity index is 1330. The maximum atomic E-state index is 12.8. The first-order valence-electron chi connectivity index (χ1n) is 10.3. The number of aromatic nitrogens is 4. The van der Waals surface area contributed by atoms with Crippen LogP contribution in [0.1, 0.15) is 8.42 Å². The Hall–Kier alpha value is -3.50. The summed E-state index contributed by atoms with van der Waals surface area (Å²) in [5.74, 6) is 1.50. The number of nitrogens with two attached hydrogens (primary N) is 1. The largest absolute Gasteiger partial charge is 0.382 e. The van der Waals surface area contributed by atoms with Crippen LogP contribution in [0.3, 0.4) is 0 Å². The molecule has 32 heavy (non-hydrogen) atoms. The molecule has 168 valence electrons. The lowest BCUT2D eigenvalue weighted by Gasteiger charge is -2.34. The van der Waals surface area contributed by atoms with Crippen molar-refractivity contribution in [3.8, 4) is 11.5 Å². The van der Waals surface area contributed by atoms with Gasteiger partial charge in [-0.05, 0) is 17.7 Å². The van der Waals surface area contributed by atoms with E-state index in [0.29, 0.717) is 43.5 Å². The Morgan fingerprint density at radius 2 is 1.69 bits per heavy atom. The molecule has 4 aromatic rings. The molecule has 0 amide bonds. The third-order valence-electron chi connectivity index (χ3n) is 5.55. The van der Waals surface area contributed by atoms with Gasteiger partial charge in [0, 0.05) is 29.0 Å². The van der Waals surface area contributed by atoms with Gasteiger partial charge in [-0.3, -0.25) is 0 Å². The summed E-state index contributed by atoms with van der Waals surface area (Å²) in [7, 11) is -3.38. The number of rotatable bonds is 5. The minimum absolute atomic E-state index is 0. The van der Waals surface area contributed by atoms with E-state index in [-0.39, 0.29) is 14.4 Å². The molecule has 0 saturated carbocycles. The topological polar surface area (TPSA) is 121 Å². The molecule has 3 N–H and O–H groups in total. The molecule has 0 unspecified atom stereocenters. The summed E-state index contributed by atoms with van der Waals surface area (Å²) >= 11 is 0. The van der Waals surface area contributed by atoms with Crippen molar-refractivity contribution in [2.75, 3.05) is 36.8 Å². The highest BCUT2D eigenvalue weighted by Crippen LogP contribution is 2.26. The minimum Gasteiger partial charge on any atom is -0.382 e. The number of anilines is 2. The lowest BCUT2D eigenvalue weighted by atomic mass is 10.2. The molecule has 9 nitrogen and oxygen atoms in total. The fourth-order valence-electron chi connectivity index (χ4n) is 3.85. The molecular formula is C22H27N7O2S. The number of H-pyrrole nitrogens is 1. The second-order valence-corrected chi connectivity index (χ2v) is 9.66. The van der Waals surface area contributed by atoms with Crippen molar-refractivity contribution < 1.29 is 11.3 Å². The van der Waals surface area contributed by atoms with Gasteiger partial charge in [-0.1, -0.05) is 42.5 Å². The van der Waals surface area contributed by atoms with Gasteiger partial charge in [-0.15, -0.1) is 0 Å². The molecule has 0 atom stereocenters. The summed E-state index contributed by atoms with van der Waals surface area (Å²) < 4.78 is 27.2. The van der Waals surface area contributed by atoms with E-state index in [1.165, 1.54) is 0 Å². The Morgan fingerprint density at radius 1 is 0.969 bits per heavy atom. The van der Waals surface area contributed by atoms with Gasteiger partial charge < -0.3 is 15.6 Å². The van der Waals surface area contributed by atoms with Gasteiger partial charge in [-0.25, -0.2) is 23.4 Å². The molecular weight excluding hydrogens is 426 g/mol. The summed E-state index contributed by atoms with van der Waals surface area (Å²) in [6, 6.07) is 16.9. The first kappa shape index (κ1) is 20.4. The van der Waals surface area contributed by atoms with Gasteiger partial charge in [0.25, 0.3) is 0 Å². The normalized spacial score (nSPS) is 15.3. The van der Waals surface area contributed by atoms with Crippen LogP contribution in [0.15, 0.2) is 60.8 Å². The van der Waals surface area contributed by atoms with Crippen LogP contribution in [-0.2, 0) is 15.8 Å². The van der Waals surface area contributed by atoms with Crippen molar-refractivity contribution in [1.82, 2.24) is 24.2 Å². The highest BCUT2D eigenvalue weighted by Gasteiger charge is 2.28. The number of sulfonamides is 1. The number of aromatic amines is 1. The van der Waals surface area contributed by atoms with Gasteiger partial charge in [0.1, 0.15) is 5.82 Å². The van der Waals surface area contributed by atoms with E-state index in [9.17, 15) is 8.42 Å². The Morgan fingerprint density at radius 3 is 2.44 bits per heavy atom. The molecule has 1 aliphatic rings. The maximum absolute atomic E-state index is 12.8.